The Bertz CT molecular complexity index is 329. The van der Waals surface area contributed by atoms with Crippen molar-refractivity contribution in [2.75, 3.05) is 19.7 Å². The molecule has 0 spiro atoms. The second-order valence-corrected chi connectivity index (χ2v) is 5.19. The quantitative estimate of drug-likeness (QED) is 0.855. The van der Waals surface area contributed by atoms with Gasteiger partial charge in [0.2, 0.25) is 5.88 Å². The van der Waals surface area contributed by atoms with Crippen LogP contribution < -0.4 is 10.1 Å². The highest BCUT2D eigenvalue weighted by atomic mass is 127. The molecule has 0 aliphatic carbocycles. The molecule has 1 aliphatic rings. The predicted molar refractivity (Wildman–Crippen MR) is 70.5 cm³/mol. The summed E-state index contributed by atoms with van der Waals surface area (Å²) in [7, 11) is 0. The second kappa shape index (κ2) is 6.34. The van der Waals surface area contributed by atoms with E-state index < -0.39 is 0 Å². The highest BCUT2D eigenvalue weighted by Gasteiger charge is 2.13. The van der Waals surface area contributed by atoms with Crippen molar-refractivity contribution < 1.29 is 4.74 Å². The lowest BCUT2D eigenvalue weighted by Gasteiger charge is -2.22. The molecule has 1 aromatic rings. The number of piperidine rings is 1. The van der Waals surface area contributed by atoms with Crippen molar-refractivity contribution in [1.29, 1.82) is 0 Å². The average Bonchev–Trinajstić information content (AvgIpc) is 2.33. The lowest BCUT2D eigenvalue weighted by atomic mass is 9.97. The first-order valence-electron chi connectivity index (χ1n) is 5.65. The first-order chi connectivity index (χ1) is 7.86. The Morgan fingerprint density at radius 2 is 2.50 bits per heavy atom. The number of ether oxygens (including phenoxy) is 1. The number of nitrogens with zero attached hydrogens (tertiary/aromatic N) is 2. The summed E-state index contributed by atoms with van der Waals surface area (Å²) < 4.78 is 6.63. The summed E-state index contributed by atoms with van der Waals surface area (Å²) in [6.07, 6.45) is 7.00. The maximum absolute atomic E-state index is 5.65. The molecule has 2 rings (SSSR count). The molecule has 1 N–H and O–H groups in total. The molecule has 0 aromatic carbocycles. The Hall–Kier alpha value is -0.430. The third-order valence-electron chi connectivity index (χ3n) is 2.80. The van der Waals surface area contributed by atoms with Gasteiger partial charge in [0.1, 0.15) is 6.33 Å². The SMILES string of the molecule is Ic1cncnc1OCCC1CCCNC1. The highest BCUT2D eigenvalue weighted by Crippen LogP contribution is 2.18. The normalized spacial score (nSPS) is 20.7. The summed E-state index contributed by atoms with van der Waals surface area (Å²) >= 11 is 2.19. The van der Waals surface area contributed by atoms with Gasteiger partial charge in [-0.1, -0.05) is 0 Å². The summed E-state index contributed by atoms with van der Waals surface area (Å²) in [6.45, 7) is 3.05. The Labute approximate surface area is 109 Å². The van der Waals surface area contributed by atoms with E-state index in [1.54, 1.807) is 6.20 Å². The van der Waals surface area contributed by atoms with Crippen LogP contribution in [0.25, 0.3) is 0 Å². The summed E-state index contributed by atoms with van der Waals surface area (Å²) in [5.41, 5.74) is 0. The average molecular weight is 333 g/mol. The van der Waals surface area contributed by atoms with Gasteiger partial charge in [0, 0.05) is 6.20 Å². The highest BCUT2D eigenvalue weighted by molar-refractivity contribution is 14.1. The Morgan fingerprint density at radius 3 is 3.25 bits per heavy atom. The van der Waals surface area contributed by atoms with Crippen LogP contribution in [0, 0.1) is 9.49 Å². The Balaban J connectivity index is 1.73. The second-order valence-electron chi connectivity index (χ2n) is 4.03. The van der Waals surface area contributed by atoms with Crippen LogP contribution >= 0.6 is 22.6 Å². The van der Waals surface area contributed by atoms with Gasteiger partial charge >= 0.3 is 0 Å². The van der Waals surface area contributed by atoms with Gasteiger partial charge in [0.15, 0.2) is 0 Å². The topological polar surface area (TPSA) is 47.0 Å². The third kappa shape index (κ3) is 3.55. The number of nitrogens with one attached hydrogen (secondary N) is 1. The van der Waals surface area contributed by atoms with Crippen LogP contribution in [0.5, 0.6) is 5.88 Å². The van der Waals surface area contributed by atoms with E-state index in [0.717, 1.165) is 29.1 Å². The Kier molecular flexibility index (Phi) is 4.77. The lowest BCUT2D eigenvalue weighted by molar-refractivity contribution is 0.245. The number of halogens is 1. The van der Waals surface area contributed by atoms with Crippen molar-refractivity contribution in [3.8, 4) is 5.88 Å². The summed E-state index contributed by atoms with van der Waals surface area (Å²) in [4.78, 5) is 8.04. The summed E-state index contributed by atoms with van der Waals surface area (Å²) in [5, 5.41) is 3.41. The van der Waals surface area contributed by atoms with E-state index in [-0.39, 0.29) is 0 Å². The van der Waals surface area contributed by atoms with Crippen LogP contribution in [-0.4, -0.2) is 29.7 Å². The third-order valence-corrected chi connectivity index (χ3v) is 3.54. The van der Waals surface area contributed by atoms with Crippen LogP contribution in [0.4, 0.5) is 0 Å². The van der Waals surface area contributed by atoms with Gasteiger partial charge in [-0.3, -0.25) is 0 Å². The molecule has 1 aromatic heterocycles. The van der Waals surface area contributed by atoms with Crippen LogP contribution in [-0.2, 0) is 0 Å². The van der Waals surface area contributed by atoms with Gasteiger partial charge in [0.25, 0.3) is 0 Å². The van der Waals surface area contributed by atoms with Gasteiger partial charge in [0.05, 0.1) is 10.2 Å². The summed E-state index contributed by atoms with van der Waals surface area (Å²) in [5.74, 6) is 1.47. The first kappa shape index (κ1) is 12.0. The van der Waals surface area contributed by atoms with E-state index in [9.17, 15) is 0 Å². The molecular weight excluding hydrogens is 317 g/mol. The zero-order chi connectivity index (χ0) is 11.2. The lowest BCUT2D eigenvalue weighted by Crippen LogP contribution is -2.30. The van der Waals surface area contributed by atoms with Crippen molar-refractivity contribution in [2.24, 2.45) is 5.92 Å². The fourth-order valence-corrected chi connectivity index (χ4v) is 2.36. The number of rotatable bonds is 4. The predicted octanol–water partition coefficient (Wildman–Crippen LogP) is 1.85. The zero-order valence-electron chi connectivity index (χ0n) is 9.16. The zero-order valence-corrected chi connectivity index (χ0v) is 11.3. The monoisotopic (exact) mass is 333 g/mol. The molecule has 16 heavy (non-hydrogen) atoms. The molecule has 88 valence electrons. The minimum Gasteiger partial charge on any atom is -0.477 e. The molecule has 1 fully saturated rings. The van der Waals surface area contributed by atoms with Gasteiger partial charge < -0.3 is 10.1 Å². The maximum Gasteiger partial charge on any atom is 0.230 e. The van der Waals surface area contributed by atoms with Gasteiger partial charge in [-0.15, -0.1) is 0 Å². The van der Waals surface area contributed by atoms with Gasteiger partial charge in [-0.2, -0.15) is 0 Å². The number of hydrogen-bond donors (Lipinski definition) is 1. The maximum atomic E-state index is 5.65. The minimum atomic E-state index is 0.708. The van der Waals surface area contributed by atoms with E-state index in [0.29, 0.717) is 5.88 Å². The van der Waals surface area contributed by atoms with Crippen LogP contribution in [0.3, 0.4) is 0 Å². The molecule has 1 saturated heterocycles. The van der Waals surface area contributed by atoms with Crippen molar-refractivity contribution in [3.63, 3.8) is 0 Å². The molecule has 5 heteroatoms. The van der Waals surface area contributed by atoms with Crippen molar-refractivity contribution in [1.82, 2.24) is 15.3 Å². The number of hydrogen-bond acceptors (Lipinski definition) is 4. The van der Waals surface area contributed by atoms with Gasteiger partial charge in [-0.25, -0.2) is 9.97 Å². The minimum absolute atomic E-state index is 0.708. The van der Waals surface area contributed by atoms with Crippen molar-refractivity contribution in [3.05, 3.63) is 16.1 Å². The molecule has 2 heterocycles. The smallest absolute Gasteiger partial charge is 0.230 e. The van der Waals surface area contributed by atoms with Crippen LogP contribution in [0.2, 0.25) is 0 Å². The number of aromatic nitrogens is 2. The molecular formula is C11H16IN3O. The molecule has 0 radical (unpaired) electrons. The van der Waals surface area contributed by atoms with Crippen molar-refractivity contribution >= 4 is 22.6 Å². The molecule has 4 nitrogen and oxygen atoms in total. The summed E-state index contributed by atoms with van der Waals surface area (Å²) in [6, 6.07) is 0. The van der Waals surface area contributed by atoms with Gasteiger partial charge in [-0.05, 0) is 60.9 Å². The molecule has 1 unspecified atom stereocenters. The fraction of sp³-hybridized carbons (Fsp3) is 0.636. The molecule has 1 aliphatic heterocycles. The molecule has 0 amide bonds. The fourth-order valence-electron chi connectivity index (χ4n) is 1.90. The van der Waals surface area contributed by atoms with E-state index in [2.05, 4.69) is 37.9 Å². The molecule has 1 atom stereocenters. The van der Waals surface area contributed by atoms with Crippen molar-refractivity contribution in [2.45, 2.75) is 19.3 Å². The van der Waals surface area contributed by atoms with Crippen LogP contribution in [0.15, 0.2) is 12.5 Å². The molecule has 0 saturated carbocycles. The Morgan fingerprint density at radius 1 is 1.56 bits per heavy atom. The van der Waals surface area contributed by atoms with E-state index >= 15 is 0 Å². The van der Waals surface area contributed by atoms with Crippen LogP contribution in [0.1, 0.15) is 19.3 Å². The standard InChI is InChI=1S/C11H16IN3O/c12-10-7-14-8-15-11(10)16-5-3-9-2-1-4-13-6-9/h7-9,13H,1-6H2. The van der Waals surface area contributed by atoms with E-state index in [1.807, 2.05) is 0 Å². The van der Waals surface area contributed by atoms with E-state index in [4.69, 9.17) is 4.74 Å². The molecule has 0 bridgehead atoms. The first-order valence-corrected chi connectivity index (χ1v) is 6.73. The van der Waals surface area contributed by atoms with E-state index in [1.165, 1.54) is 25.7 Å². The largest absolute Gasteiger partial charge is 0.477 e.